The van der Waals surface area contributed by atoms with Gasteiger partial charge in [0, 0.05) is 25.7 Å². The number of nitrogens with zero attached hydrogens (tertiary/aromatic N) is 1. The lowest BCUT2D eigenvalue weighted by Crippen LogP contribution is -2.44. The second-order valence-electron chi connectivity index (χ2n) is 5.55. The van der Waals surface area contributed by atoms with Crippen LogP contribution in [0.25, 0.3) is 0 Å². The van der Waals surface area contributed by atoms with Crippen LogP contribution in [0.1, 0.15) is 51.9 Å². The van der Waals surface area contributed by atoms with Crippen molar-refractivity contribution in [3.8, 4) is 0 Å². The molecule has 1 aliphatic heterocycles. The van der Waals surface area contributed by atoms with Gasteiger partial charge in [-0.15, -0.1) is 0 Å². The molecule has 1 saturated carbocycles. The lowest BCUT2D eigenvalue weighted by Gasteiger charge is -2.35. The van der Waals surface area contributed by atoms with E-state index in [-0.39, 0.29) is 6.10 Å². The van der Waals surface area contributed by atoms with Gasteiger partial charge in [0.15, 0.2) is 0 Å². The molecule has 2 rings (SSSR count). The molecule has 0 aromatic carbocycles. The Morgan fingerprint density at radius 3 is 2.82 bits per heavy atom. The molecule has 1 aliphatic carbocycles. The highest BCUT2D eigenvalue weighted by atomic mass is 16.5. The van der Waals surface area contributed by atoms with Gasteiger partial charge in [-0.3, -0.25) is 4.90 Å². The van der Waals surface area contributed by atoms with E-state index < -0.39 is 0 Å². The van der Waals surface area contributed by atoms with Crippen LogP contribution in [0, 0.1) is 0 Å². The van der Waals surface area contributed by atoms with E-state index in [1.807, 2.05) is 0 Å². The van der Waals surface area contributed by atoms with Crippen molar-refractivity contribution in [1.82, 2.24) is 4.90 Å². The van der Waals surface area contributed by atoms with Crippen molar-refractivity contribution in [2.45, 2.75) is 70.1 Å². The number of ether oxygens (including phenoxy) is 1. The van der Waals surface area contributed by atoms with E-state index in [4.69, 9.17) is 4.74 Å². The van der Waals surface area contributed by atoms with Gasteiger partial charge in [0.05, 0.1) is 12.2 Å². The minimum absolute atomic E-state index is 0.0989. The van der Waals surface area contributed by atoms with E-state index in [0.717, 1.165) is 32.5 Å². The van der Waals surface area contributed by atoms with Crippen LogP contribution in [0.4, 0.5) is 0 Å². The summed E-state index contributed by atoms with van der Waals surface area (Å²) in [5.41, 5.74) is 0. The SMILES string of the molecule is CCCCO[C@@H]1CCN([C@@H]2CCCCC2O)C1. The zero-order valence-corrected chi connectivity index (χ0v) is 11.1. The minimum atomic E-state index is -0.0989. The Morgan fingerprint density at radius 1 is 1.24 bits per heavy atom. The number of aliphatic hydroxyl groups excluding tert-OH is 1. The molecule has 0 amide bonds. The highest BCUT2D eigenvalue weighted by molar-refractivity contribution is 4.88. The molecule has 100 valence electrons. The van der Waals surface area contributed by atoms with Crippen LogP contribution in [0.5, 0.6) is 0 Å². The van der Waals surface area contributed by atoms with Gasteiger partial charge >= 0.3 is 0 Å². The molecule has 1 unspecified atom stereocenters. The fraction of sp³-hybridized carbons (Fsp3) is 1.00. The van der Waals surface area contributed by atoms with Crippen LogP contribution in [-0.2, 0) is 4.74 Å². The topological polar surface area (TPSA) is 32.7 Å². The summed E-state index contributed by atoms with van der Waals surface area (Å²) in [7, 11) is 0. The normalized spacial score (nSPS) is 35.3. The first-order valence-electron chi connectivity index (χ1n) is 7.35. The number of aliphatic hydroxyl groups is 1. The van der Waals surface area contributed by atoms with E-state index in [1.54, 1.807) is 0 Å². The van der Waals surface area contributed by atoms with Crippen LogP contribution in [0.3, 0.4) is 0 Å². The third-order valence-corrected chi connectivity index (χ3v) is 4.19. The van der Waals surface area contributed by atoms with Crippen LogP contribution in [0.2, 0.25) is 0 Å². The first kappa shape index (κ1) is 13.3. The molecule has 0 aromatic rings. The van der Waals surface area contributed by atoms with Gasteiger partial charge in [-0.2, -0.15) is 0 Å². The van der Waals surface area contributed by atoms with Crippen molar-refractivity contribution in [2.24, 2.45) is 0 Å². The summed E-state index contributed by atoms with van der Waals surface area (Å²) in [4.78, 5) is 2.46. The Bertz CT molecular complexity index is 222. The molecule has 1 heterocycles. The third-order valence-electron chi connectivity index (χ3n) is 4.19. The van der Waals surface area contributed by atoms with Gasteiger partial charge in [0.1, 0.15) is 0 Å². The van der Waals surface area contributed by atoms with Crippen molar-refractivity contribution in [1.29, 1.82) is 0 Å². The maximum Gasteiger partial charge on any atom is 0.0714 e. The average molecular weight is 241 g/mol. The van der Waals surface area contributed by atoms with Gasteiger partial charge in [-0.25, -0.2) is 0 Å². The molecule has 0 aromatic heterocycles. The Hall–Kier alpha value is -0.120. The lowest BCUT2D eigenvalue weighted by molar-refractivity contribution is 0.0131. The van der Waals surface area contributed by atoms with Crippen LogP contribution < -0.4 is 0 Å². The number of rotatable bonds is 5. The molecule has 0 bridgehead atoms. The molecular weight excluding hydrogens is 214 g/mol. The van der Waals surface area contributed by atoms with E-state index in [2.05, 4.69) is 11.8 Å². The Balaban J connectivity index is 1.72. The number of likely N-dealkylation sites (tertiary alicyclic amines) is 1. The quantitative estimate of drug-likeness (QED) is 0.749. The fourth-order valence-electron chi connectivity index (χ4n) is 3.10. The van der Waals surface area contributed by atoms with Crippen molar-refractivity contribution in [3.63, 3.8) is 0 Å². The van der Waals surface area contributed by atoms with Crippen molar-refractivity contribution >= 4 is 0 Å². The number of hydrogen-bond donors (Lipinski definition) is 1. The summed E-state index contributed by atoms with van der Waals surface area (Å²) >= 11 is 0. The van der Waals surface area contributed by atoms with E-state index >= 15 is 0 Å². The molecule has 3 nitrogen and oxygen atoms in total. The maximum absolute atomic E-state index is 10.0. The predicted octanol–water partition coefficient (Wildman–Crippen LogP) is 2.18. The van der Waals surface area contributed by atoms with Gasteiger partial charge in [-0.05, 0) is 25.7 Å². The summed E-state index contributed by atoms with van der Waals surface area (Å²) in [6.45, 7) is 5.24. The Labute approximate surface area is 105 Å². The predicted molar refractivity (Wildman–Crippen MR) is 69.1 cm³/mol. The van der Waals surface area contributed by atoms with Crippen molar-refractivity contribution in [2.75, 3.05) is 19.7 Å². The van der Waals surface area contributed by atoms with Crippen LogP contribution >= 0.6 is 0 Å². The summed E-state index contributed by atoms with van der Waals surface area (Å²) in [6.07, 6.45) is 8.47. The van der Waals surface area contributed by atoms with Gasteiger partial charge in [0.25, 0.3) is 0 Å². The minimum Gasteiger partial charge on any atom is -0.391 e. The summed E-state index contributed by atoms with van der Waals surface area (Å²) < 4.78 is 5.88. The molecule has 1 N–H and O–H groups in total. The number of hydrogen-bond acceptors (Lipinski definition) is 3. The molecule has 0 spiro atoms. The first-order chi connectivity index (χ1) is 8.31. The highest BCUT2D eigenvalue weighted by Gasteiger charge is 2.33. The first-order valence-corrected chi connectivity index (χ1v) is 7.35. The number of unbranched alkanes of at least 4 members (excludes halogenated alkanes) is 1. The molecule has 2 fully saturated rings. The zero-order chi connectivity index (χ0) is 12.1. The van der Waals surface area contributed by atoms with Gasteiger partial charge < -0.3 is 9.84 Å². The van der Waals surface area contributed by atoms with E-state index in [9.17, 15) is 5.11 Å². The van der Waals surface area contributed by atoms with E-state index in [0.29, 0.717) is 12.1 Å². The Kier molecular flexibility index (Phi) is 5.26. The van der Waals surface area contributed by atoms with Gasteiger partial charge in [0.2, 0.25) is 0 Å². The average Bonchev–Trinajstić information content (AvgIpc) is 2.79. The van der Waals surface area contributed by atoms with Gasteiger partial charge in [-0.1, -0.05) is 26.2 Å². The molecule has 1 saturated heterocycles. The molecule has 2 aliphatic rings. The molecule has 3 atom stereocenters. The summed E-state index contributed by atoms with van der Waals surface area (Å²) in [6, 6.07) is 0.406. The monoisotopic (exact) mass is 241 g/mol. The highest BCUT2D eigenvalue weighted by Crippen LogP contribution is 2.26. The molecule has 0 radical (unpaired) electrons. The molecular formula is C14H27NO2. The van der Waals surface area contributed by atoms with Crippen molar-refractivity contribution in [3.05, 3.63) is 0 Å². The standard InChI is InChI=1S/C14H27NO2/c1-2-3-10-17-12-8-9-15(11-12)13-6-4-5-7-14(13)16/h12-14,16H,2-11H2,1H3/t12-,13-,14?/m1/s1. The second-order valence-corrected chi connectivity index (χ2v) is 5.55. The maximum atomic E-state index is 10.0. The van der Waals surface area contributed by atoms with E-state index in [1.165, 1.54) is 32.1 Å². The lowest BCUT2D eigenvalue weighted by atomic mass is 9.91. The largest absolute Gasteiger partial charge is 0.391 e. The third kappa shape index (κ3) is 3.67. The molecule has 3 heteroatoms. The van der Waals surface area contributed by atoms with Crippen LogP contribution in [0.15, 0.2) is 0 Å². The zero-order valence-electron chi connectivity index (χ0n) is 11.1. The molecule has 17 heavy (non-hydrogen) atoms. The Morgan fingerprint density at radius 2 is 2.06 bits per heavy atom. The fourth-order valence-corrected chi connectivity index (χ4v) is 3.10. The smallest absolute Gasteiger partial charge is 0.0714 e. The summed E-state index contributed by atoms with van der Waals surface area (Å²) in [5, 5.41) is 10.0. The van der Waals surface area contributed by atoms with Crippen LogP contribution in [-0.4, -0.2) is 48.0 Å². The summed E-state index contributed by atoms with van der Waals surface area (Å²) in [5.74, 6) is 0. The van der Waals surface area contributed by atoms with Crippen molar-refractivity contribution < 1.29 is 9.84 Å². The second kappa shape index (κ2) is 6.72.